The quantitative estimate of drug-likeness (QED) is 0.461. The normalized spacial score (nSPS) is 21.8. The van der Waals surface area contributed by atoms with E-state index in [1.807, 2.05) is 43.1 Å². The smallest absolute Gasteiger partial charge is 0.230 e. The lowest BCUT2D eigenvalue weighted by Crippen LogP contribution is -2.61. The first-order chi connectivity index (χ1) is 16.4. The lowest BCUT2D eigenvalue weighted by molar-refractivity contribution is -0.129. The van der Waals surface area contributed by atoms with Gasteiger partial charge in [0, 0.05) is 12.6 Å². The summed E-state index contributed by atoms with van der Waals surface area (Å²) in [6.07, 6.45) is -0.865. The van der Waals surface area contributed by atoms with Crippen molar-refractivity contribution in [3.63, 3.8) is 0 Å². The third-order valence-electron chi connectivity index (χ3n) is 6.05. The first kappa shape index (κ1) is 22.1. The van der Waals surface area contributed by atoms with Gasteiger partial charge in [-0.1, -0.05) is 29.8 Å². The Morgan fingerprint density at radius 2 is 1.88 bits per heavy atom. The first-order valence-electron chi connectivity index (χ1n) is 11.1. The van der Waals surface area contributed by atoms with Crippen LogP contribution < -0.4 is 26.4 Å². The maximum absolute atomic E-state index is 13.1. The van der Waals surface area contributed by atoms with Crippen molar-refractivity contribution in [2.24, 2.45) is 5.92 Å². The summed E-state index contributed by atoms with van der Waals surface area (Å²) in [5.41, 5.74) is 6.79. The molecule has 4 N–H and O–H groups in total. The van der Waals surface area contributed by atoms with E-state index in [9.17, 15) is 14.0 Å². The van der Waals surface area contributed by atoms with Crippen molar-refractivity contribution < 1.29 is 14.0 Å². The van der Waals surface area contributed by atoms with Crippen molar-refractivity contribution in [1.29, 1.82) is 0 Å². The van der Waals surface area contributed by atoms with E-state index in [2.05, 4.69) is 26.5 Å². The Bertz CT molecular complexity index is 1210. The molecule has 0 spiro atoms. The monoisotopic (exact) mass is 463 g/mol. The van der Waals surface area contributed by atoms with Crippen LogP contribution in [0.2, 0.25) is 0 Å². The molecular formula is C24H26FN7O2. The Kier molecular flexibility index (Phi) is 5.76. The van der Waals surface area contributed by atoms with Crippen LogP contribution in [0.3, 0.4) is 0 Å². The molecule has 3 aromatic rings. The van der Waals surface area contributed by atoms with E-state index >= 15 is 0 Å². The van der Waals surface area contributed by atoms with E-state index in [0.29, 0.717) is 23.6 Å². The second kappa shape index (κ2) is 8.88. The van der Waals surface area contributed by atoms with Gasteiger partial charge in [-0.15, -0.1) is 0 Å². The molecule has 0 saturated carbocycles. The van der Waals surface area contributed by atoms with E-state index < -0.39 is 6.29 Å². The van der Waals surface area contributed by atoms with Crippen LogP contribution in [0.15, 0.2) is 54.6 Å². The van der Waals surface area contributed by atoms with E-state index in [1.165, 1.54) is 12.1 Å². The lowest BCUT2D eigenvalue weighted by Gasteiger charge is -2.37. The summed E-state index contributed by atoms with van der Waals surface area (Å²) in [7, 11) is 0. The highest BCUT2D eigenvalue weighted by molar-refractivity contribution is 5.91. The molecule has 9 nitrogen and oxygen atoms in total. The Morgan fingerprint density at radius 1 is 1.15 bits per heavy atom. The van der Waals surface area contributed by atoms with Crippen molar-refractivity contribution in [3.05, 3.63) is 77.2 Å². The van der Waals surface area contributed by atoms with Gasteiger partial charge in [-0.05, 0) is 43.7 Å². The topological polar surface area (TPSA) is 103 Å². The summed E-state index contributed by atoms with van der Waals surface area (Å²) >= 11 is 0. The largest absolute Gasteiger partial charge is 0.321 e. The number of amides is 2. The van der Waals surface area contributed by atoms with Gasteiger partial charge < -0.3 is 10.6 Å². The molecule has 1 aromatic heterocycles. The van der Waals surface area contributed by atoms with Gasteiger partial charge in [-0.25, -0.2) is 14.5 Å². The predicted octanol–water partition coefficient (Wildman–Crippen LogP) is 1.96. The number of aromatic nitrogens is 2. The molecule has 0 radical (unpaired) electrons. The molecule has 10 heteroatoms. The summed E-state index contributed by atoms with van der Waals surface area (Å²) < 4.78 is 14.7. The number of halogens is 1. The third kappa shape index (κ3) is 4.37. The minimum absolute atomic E-state index is 0.0881. The molecule has 2 aliphatic rings. The number of fused-ring (bicyclic) bond motifs is 1. The van der Waals surface area contributed by atoms with Crippen LogP contribution in [-0.4, -0.2) is 34.3 Å². The number of hydrazine groups is 1. The summed E-state index contributed by atoms with van der Waals surface area (Å²) in [4.78, 5) is 25.6. The van der Waals surface area contributed by atoms with Crippen molar-refractivity contribution in [2.75, 3.05) is 16.9 Å². The number of anilines is 2. The highest BCUT2D eigenvalue weighted by atomic mass is 19.1. The molecule has 0 bridgehead atoms. The molecule has 2 amide bonds. The molecule has 2 aliphatic heterocycles. The van der Waals surface area contributed by atoms with Gasteiger partial charge in [0.15, 0.2) is 6.29 Å². The van der Waals surface area contributed by atoms with Crippen LogP contribution in [0.5, 0.6) is 0 Å². The van der Waals surface area contributed by atoms with E-state index in [0.717, 1.165) is 11.3 Å². The van der Waals surface area contributed by atoms with E-state index in [-0.39, 0.29) is 36.1 Å². The van der Waals surface area contributed by atoms with Crippen LogP contribution in [0.4, 0.5) is 15.9 Å². The fourth-order valence-corrected chi connectivity index (χ4v) is 4.33. The summed E-state index contributed by atoms with van der Waals surface area (Å²) in [5, 5.41) is 15.7. The van der Waals surface area contributed by atoms with Crippen molar-refractivity contribution >= 4 is 23.3 Å². The van der Waals surface area contributed by atoms with Crippen LogP contribution in [-0.2, 0) is 16.0 Å². The van der Waals surface area contributed by atoms with Crippen molar-refractivity contribution in [3.8, 4) is 0 Å². The second-order valence-corrected chi connectivity index (χ2v) is 8.66. The summed E-state index contributed by atoms with van der Waals surface area (Å²) in [5.74, 6) is -0.556. The number of rotatable bonds is 5. The van der Waals surface area contributed by atoms with Crippen molar-refractivity contribution in [1.82, 2.24) is 25.8 Å². The first-order valence-corrected chi connectivity index (χ1v) is 11.1. The molecule has 2 fully saturated rings. The Hall–Kier alpha value is -3.76. The standard InChI is InChI=1S/C24H26FN7O2/c1-14-3-9-18(10-4-14)31-22-19(13-26-31)23(34)29-24(28-22)32-20(11-15(2)30-32)27-21(33)12-16-5-7-17(25)8-6-16/h3-11,19,22,24,26,28H,12-13H2,1-2H3,(H,27,33)(H,29,34). The van der Waals surface area contributed by atoms with Crippen molar-refractivity contribution in [2.45, 2.75) is 32.7 Å². The zero-order chi connectivity index (χ0) is 23.8. The number of carbonyl (C=O) groups is 2. The highest BCUT2D eigenvalue weighted by Crippen LogP contribution is 2.28. The van der Waals surface area contributed by atoms with Crippen LogP contribution in [0, 0.1) is 25.6 Å². The maximum Gasteiger partial charge on any atom is 0.230 e. The molecular weight excluding hydrogens is 437 g/mol. The molecule has 3 unspecified atom stereocenters. The van der Waals surface area contributed by atoms with Gasteiger partial charge in [0.2, 0.25) is 11.8 Å². The minimum atomic E-state index is -0.656. The van der Waals surface area contributed by atoms with Gasteiger partial charge in [0.1, 0.15) is 17.8 Å². The zero-order valence-electron chi connectivity index (χ0n) is 18.9. The van der Waals surface area contributed by atoms with Gasteiger partial charge >= 0.3 is 0 Å². The van der Waals surface area contributed by atoms with Crippen LogP contribution in [0.25, 0.3) is 0 Å². The molecule has 5 rings (SSSR count). The molecule has 2 saturated heterocycles. The average molecular weight is 464 g/mol. The van der Waals surface area contributed by atoms with Gasteiger partial charge in [0.05, 0.1) is 23.7 Å². The van der Waals surface area contributed by atoms with E-state index in [1.54, 1.807) is 22.9 Å². The number of benzene rings is 2. The Balaban J connectivity index is 1.34. The van der Waals surface area contributed by atoms with Gasteiger partial charge in [-0.2, -0.15) is 5.10 Å². The number of nitrogens with zero attached hydrogens (tertiary/aromatic N) is 3. The average Bonchev–Trinajstić information content (AvgIpc) is 3.39. The second-order valence-electron chi connectivity index (χ2n) is 8.66. The molecule has 0 aliphatic carbocycles. The predicted molar refractivity (Wildman–Crippen MR) is 125 cm³/mol. The maximum atomic E-state index is 13.1. The summed E-state index contributed by atoms with van der Waals surface area (Å²) in [6, 6.07) is 15.6. The molecule has 2 aromatic carbocycles. The molecule has 176 valence electrons. The SMILES string of the molecule is Cc1ccc(N2NCC3C(=O)NC(n4nc(C)cc4NC(=O)Cc4ccc(F)cc4)NC32)cc1. The zero-order valence-corrected chi connectivity index (χ0v) is 18.9. The number of nitrogens with one attached hydrogen (secondary N) is 4. The number of aryl methyl sites for hydroxylation is 2. The fourth-order valence-electron chi connectivity index (χ4n) is 4.33. The van der Waals surface area contributed by atoms with Gasteiger partial charge in [-0.3, -0.25) is 19.9 Å². The summed E-state index contributed by atoms with van der Waals surface area (Å²) in [6.45, 7) is 4.34. The molecule has 3 heterocycles. The van der Waals surface area contributed by atoms with Gasteiger partial charge in [0.25, 0.3) is 0 Å². The minimum Gasteiger partial charge on any atom is -0.321 e. The van der Waals surface area contributed by atoms with Crippen LogP contribution in [0.1, 0.15) is 23.1 Å². The number of hydrogen-bond acceptors (Lipinski definition) is 6. The third-order valence-corrected chi connectivity index (χ3v) is 6.05. The lowest BCUT2D eigenvalue weighted by atomic mass is 10.0. The fraction of sp³-hybridized carbons (Fsp3) is 0.292. The van der Waals surface area contributed by atoms with E-state index in [4.69, 9.17) is 0 Å². The molecule has 3 atom stereocenters. The number of carbonyl (C=O) groups excluding carboxylic acids is 2. The highest BCUT2D eigenvalue weighted by Gasteiger charge is 2.45. The Morgan fingerprint density at radius 3 is 2.62 bits per heavy atom. The number of hydrogen-bond donors (Lipinski definition) is 4. The molecule has 34 heavy (non-hydrogen) atoms. The Labute approximate surface area is 196 Å². The van der Waals surface area contributed by atoms with Crippen LogP contribution >= 0.6 is 0 Å².